The molecule has 2 unspecified atom stereocenters. The second-order valence-corrected chi connectivity index (χ2v) is 8.20. The molecular formula is C17H20BrCl2NO2. The zero-order valence-electron chi connectivity index (χ0n) is 12.8. The van der Waals surface area contributed by atoms with Crippen LogP contribution in [0.3, 0.4) is 0 Å². The van der Waals surface area contributed by atoms with Gasteiger partial charge in [0.05, 0.1) is 9.50 Å². The maximum atomic E-state index is 12.0. The second kappa shape index (κ2) is 7.20. The Morgan fingerprint density at radius 2 is 2.09 bits per heavy atom. The Balaban J connectivity index is 1.73. The number of aromatic hydroxyl groups is 1. The Kier molecular flexibility index (Phi) is 5.44. The van der Waals surface area contributed by atoms with Crippen molar-refractivity contribution in [1.29, 1.82) is 0 Å². The van der Waals surface area contributed by atoms with Gasteiger partial charge in [-0.15, -0.1) is 0 Å². The number of carbonyl (C=O) groups is 1. The van der Waals surface area contributed by atoms with Crippen molar-refractivity contribution in [2.75, 3.05) is 6.54 Å². The standard InChI is InChI=1S/C17H20BrCl2NO2/c18-13-9-14(19)12(16(20)17(13)23)8-10-3-1-4-11(7-10)21-6-2-5-15(21)22/h9-11,23H,1-8H2. The van der Waals surface area contributed by atoms with E-state index in [1.807, 2.05) is 0 Å². The van der Waals surface area contributed by atoms with Gasteiger partial charge in [0, 0.05) is 24.0 Å². The summed E-state index contributed by atoms with van der Waals surface area (Å²) in [4.78, 5) is 14.0. The highest BCUT2D eigenvalue weighted by atomic mass is 79.9. The van der Waals surface area contributed by atoms with Crippen LogP contribution in [0.4, 0.5) is 0 Å². The third-order valence-electron chi connectivity index (χ3n) is 5.04. The molecule has 0 aromatic heterocycles. The normalized spacial score (nSPS) is 25.2. The van der Waals surface area contributed by atoms with Gasteiger partial charge in [-0.05, 0) is 65.6 Å². The van der Waals surface area contributed by atoms with Crippen molar-refractivity contribution < 1.29 is 9.90 Å². The van der Waals surface area contributed by atoms with Crippen LogP contribution < -0.4 is 0 Å². The fourth-order valence-corrected chi connectivity index (χ4v) is 5.16. The van der Waals surface area contributed by atoms with Crippen LogP contribution in [0.15, 0.2) is 10.5 Å². The highest BCUT2D eigenvalue weighted by molar-refractivity contribution is 9.10. The van der Waals surface area contributed by atoms with E-state index in [2.05, 4.69) is 20.8 Å². The van der Waals surface area contributed by atoms with E-state index in [0.717, 1.165) is 50.6 Å². The molecule has 0 bridgehead atoms. The first kappa shape index (κ1) is 17.4. The number of likely N-dealkylation sites (tertiary alicyclic amines) is 1. The third-order valence-corrected chi connectivity index (χ3v) is 6.39. The highest BCUT2D eigenvalue weighted by Gasteiger charge is 2.32. The van der Waals surface area contributed by atoms with Crippen molar-refractivity contribution in [3.8, 4) is 5.75 Å². The third kappa shape index (κ3) is 3.64. The van der Waals surface area contributed by atoms with Gasteiger partial charge in [-0.3, -0.25) is 4.79 Å². The quantitative estimate of drug-likeness (QED) is 0.731. The maximum Gasteiger partial charge on any atom is 0.222 e. The van der Waals surface area contributed by atoms with Gasteiger partial charge in [-0.1, -0.05) is 29.6 Å². The van der Waals surface area contributed by atoms with Gasteiger partial charge in [0.25, 0.3) is 0 Å². The number of phenolic OH excluding ortho intramolecular Hbond substituents is 1. The monoisotopic (exact) mass is 419 g/mol. The summed E-state index contributed by atoms with van der Waals surface area (Å²) in [6.07, 6.45) is 6.75. The summed E-state index contributed by atoms with van der Waals surface area (Å²) in [5, 5.41) is 10.9. The lowest BCUT2D eigenvalue weighted by Gasteiger charge is -2.35. The van der Waals surface area contributed by atoms with E-state index in [4.69, 9.17) is 23.2 Å². The molecule has 1 aromatic carbocycles. The first-order valence-corrected chi connectivity index (χ1v) is 9.67. The second-order valence-electron chi connectivity index (χ2n) is 6.56. The molecule has 0 radical (unpaired) electrons. The van der Waals surface area contributed by atoms with E-state index in [0.29, 0.717) is 38.8 Å². The molecule has 0 spiro atoms. The van der Waals surface area contributed by atoms with Gasteiger partial charge in [0.2, 0.25) is 5.91 Å². The molecule has 2 aliphatic rings. The first-order valence-electron chi connectivity index (χ1n) is 8.12. The van der Waals surface area contributed by atoms with Crippen LogP contribution in [-0.4, -0.2) is 28.5 Å². The predicted molar refractivity (Wildman–Crippen MR) is 96.2 cm³/mol. The lowest BCUT2D eigenvalue weighted by Crippen LogP contribution is -2.39. The summed E-state index contributed by atoms with van der Waals surface area (Å²) in [5.41, 5.74) is 0.812. The largest absolute Gasteiger partial charge is 0.505 e. The SMILES string of the molecule is O=C1CCCN1C1CCCC(Cc2c(Cl)cc(Br)c(O)c2Cl)C1. The fraction of sp³-hybridized carbons (Fsp3) is 0.588. The topological polar surface area (TPSA) is 40.5 Å². The Morgan fingerprint density at radius 1 is 1.30 bits per heavy atom. The van der Waals surface area contributed by atoms with Crippen LogP contribution in [0.2, 0.25) is 10.0 Å². The number of hydrogen-bond donors (Lipinski definition) is 1. The predicted octanol–water partition coefficient (Wildman–Crippen LogP) is 5.19. The molecule has 1 heterocycles. The lowest BCUT2D eigenvalue weighted by molar-refractivity contribution is -0.130. The Bertz CT molecular complexity index is 623. The molecule has 1 saturated heterocycles. The Morgan fingerprint density at radius 3 is 2.78 bits per heavy atom. The smallest absolute Gasteiger partial charge is 0.222 e. The van der Waals surface area contributed by atoms with Gasteiger partial charge in [-0.25, -0.2) is 0 Å². The number of amides is 1. The zero-order valence-corrected chi connectivity index (χ0v) is 15.9. The van der Waals surface area contributed by atoms with Crippen LogP contribution in [-0.2, 0) is 11.2 Å². The molecule has 23 heavy (non-hydrogen) atoms. The van der Waals surface area contributed by atoms with Crippen molar-refractivity contribution in [2.45, 2.75) is 51.0 Å². The first-order chi connectivity index (χ1) is 11.0. The van der Waals surface area contributed by atoms with Gasteiger partial charge in [-0.2, -0.15) is 0 Å². The molecule has 1 N–H and O–H groups in total. The molecule has 1 aromatic rings. The van der Waals surface area contributed by atoms with E-state index >= 15 is 0 Å². The van der Waals surface area contributed by atoms with E-state index in [1.54, 1.807) is 6.07 Å². The number of hydrogen-bond acceptors (Lipinski definition) is 2. The molecule has 1 saturated carbocycles. The van der Waals surface area contributed by atoms with Crippen molar-refractivity contribution in [2.24, 2.45) is 5.92 Å². The summed E-state index contributed by atoms with van der Waals surface area (Å²) in [6, 6.07) is 2.05. The lowest BCUT2D eigenvalue weighted by atomic mass is 9.81. The minimum Gasteiger partial charge on any atom is -0.505 e. The van der Waals surface area contributed by atoms with E-state index < -0.39 is 0 Å². The van der Waals surface area contributed by atoms with E-state index in [1.165, 1.54) is 0 Å². The number of carbonyl (C=O) groups excluding carboxylic acids is 1. The zero-order chi connectivity index (χ0) is 16.6. The summed E-state index contributed by atoms with van der Waals surface area (Å²) >= 11 is 15.9. The van der Waals surface area contributed by atoms with Crippen molar-refractivity contribution in [1.82, 2.24) is 4.90 Å². The minimum absolute atomic E-state index is 0.0492. The number of nitrogens with zero attached hydrogens (tertiary/aromatic N) is 1. The molecule has 2 atom stereocenters. The highest BCUT2D eigenvalue weighted by Crippen LogP contribution is 2.42. The van der Waals surface area contributed by atoms with E-state index in [9.17, 15) is 9.90 Å². The molecule has 2 fully saturated rings. The van der Waals surface area contributed by atoms with Crippen molar-refractivity contribution in [3.63, 3.8) is 0 Å². The van der Waals surface area contributed by atoms with Gasteiger partial charge in [0.1, 0.15) is 5.75 Å². The summed E-state index contributed by atoms with van der Waals surface area (Å²) in [7, 11) is 0. The number of rotatable bonds is 3. The number of benzene rings is 1. The number of halogens is 3. The van der Waals surface area contributed by atoms with Crippen LogP contribution in [0.1, 0.15) is 44.1 Å². The molecule has 1 amide bonds. The summed E-state index contributed by atoms with van der Waals surface area (Å²) < 4.78 is 0.514. The van der Waals surface area contributed by atoms with Gasteiger partial charge < -0.3 is 10.0 Å². The van der Waals surface area contributed by atoms with Crippen LogP contribution in [0.5, 0.6) is 5.75 Å². The average molecular weight is 421 g/mol. The summed E-state index contributed by atoms with van der Waals surface area (Å²) in [6.45, 7) is 0.900. The molecule has 3 rings (SSSR count). The Labute approximate surface area is 155 Å². The molecule has 1 aliphatic carbocycles. The van der Waals surface area contributed by atoms with Crippen molar-refractivity contribution >= 4 is 45.0 Å². The molecule has 126 valence electrons. The Hall–Kier alpha value is -0.450. The molecular weight excluding hydrogens is 401 g/mol. The van der Waals surface area contributed by atoms with Crippen LogP contribution >= 0.6 is 39.1 Å². The average Bonchev–Trinajstić information content (AvgIpc) is 2.96. The fourth-order valence-electron chi connectivity index (χ4n) is 3.88. The number of phenols is 1. The molecule has 6 heteroatoms. The maximum absolute atomic E-state index is 12.0. The van der Waals surface area contributed by atoms with Gasteiger partial charge >= 0.3 is 0 Å². The van der Waals surface area contributed by atoms with E-state index in [-0.39, 0.29) is 5.75 Å². The minimum atomic E-state index is 0.0492. The summed E-state index contributed by atoms with van der Waals surface area (Å²) in [5.74, 6) is 0.791. The van der Waals surface area contributed by atoms with Gasteiger partial charge in [0.15, 0.2) is 0 Å². The molecule has 3 nitrogen and oxygen atoms in total. The van der Waals surface area contributed by atoms with Crippen LogP contribution in [0.25, 0.3) is 0 Å². The van der Waals surface area contributed by atoms with Crippen molar-refractivity contribution in [3.05, 3.63) is 26.1 Å². The molecule has 1 aliphatic heterocycles. The van der Waals surface area contributed by atoms with Crippen LogP contribution in [0, 0.1) is 5.92 Å².